The molecule has 1 aromatic rings. The van der Waals surface area contributed by atoms with Crippen LogP contribution in [0.25, 0.3) is 0 Å². The molecule has 1 rings (SSSR count). The second kappa shape index (κ2) is 7.85. The fraction of sp³-hybridized carbons (Fsp3) is 0.400. The van der Waals surface area contributed by atoms with Crippen molar-refractivity contribution in [2.75, 3.05) is 5.75 Å². The van der Waals surface area contributed by atoms with Crippen molar-refractivity contribution in [1.82, 2.24) is 0 Å². The van der Waals surface area contributed by atoms with Gasteiger partial charge in [-0.15, -0.1) is 22.2 Å². The summed E-state index contributed by atoms with van der Waals surface area (Å²) < 4.78 is 66.0. The molecule has 0 atom stereocenters. The van der Waals surface area contributed by atoms with Crippen molar-refractivity contribution in [3.05, 3.63) is 34.6 Å². The third-order valence-electron chi connectivity index (χ3n) is 2.74. The zero-order valence-corrected chi connectivity index (χ0v) is 16.1. The number of hydrogen-bond acceptors (Lipinski definition) is 0. The van der Waals surface area contributed by atoms with E-state index in [1.54, 1.807) is 0 Å². The van der Waals surface area contributed by atoms with Crippen LogP contribution < -0.4 is 0 Å². The number of benzene rings is 1. The van der Waals surface area contributed by atoms with Crippen molar-refractivity contribution in [1.29, 1.82) is 0 Å². The third kappa shape index (κ3) is 5.75. The van der Waals surface area contributed by atoms with Crippen LogP contribution in [0.1, 0.15) is 5.56 Å². The molecule has 0 radical (unpaired) electrons. The summed E-state index contributed by atoms with van der Waals surface area (Å²) in [7, 11) is 14.5. The molecule has 0 saturated carbocycles. The molecular formula is C10H8Cl5F5SSi. The van der Waals surface area contributed by atoms with Gasteiger partial charge in [0.15, 0.2) is 23.3 Å². The van der Waals surface area contributed by atoms with Gasteiger partial charge in [0.2, 0.25) is 5.82 Å². The monoisotopic (exact) mass is 458 g/mol. The van der Waals surface area contributed by atoms with E-state index in [0.29, 0.717) is 0 Å². The summed E-state index contributed by atoms with van der Waals surface area (Å²) in [6.07, 6.45) is -0.500. The van der Waals surface area contributed by atoms with E-state index in [9.17, 15) is 22.0 Å². The van der Waals surface area contributed by atoms with Gasteiger partial charge in [-0.25, -0.2) is 22.0 Å². The molecule has 0 heterocycles. The maximum Gasteiger partial charge on any atom is 0.252 e. The van der Waals surface area contributed by atoms with Crippen LogP contribution in [0.15, 0.2) is 0 Å². The molecule has 0 unspecified atom stereocenters. The summed E-state index contributed by atoms with van der Waals surface area (Å²) in [5.41, 5.74) is -0.948. The lowest BCUT2D eigenvalue weighted by Crippen LogP contribution is -2.22. The van der Waals surface area contributed by atoms with Gasteiger partial charge < -0.3 is 0 Å². The molecule has 0 aliphatic carbocycles. The third-order valence-corrected chi connectivity index (χ3v) is 9.39. The fourth-order valence-corrected chi connectivity index (χ4v) is 8.59. The van der Waals surface area contributed by atoms with Gasteiger partial charge >= 0.3 is 0 Å². The van der Waals surface area contributed by atoms with Gasteiger partial charge in [0, 0.05) is 11.3 Å². The van der Waals surface area contributed by atoms with Gasteiger partial charge in [0.1, 0.15) is 0 Å². The topological polar surface area (TPSA) is 0 Å². The van der Waals surface area contributed by atoms with Crippen molar-refractivity contribution in [3.63, 3.8) is 0 Å². The molecule has 22 heavy (non-hydrogen) atoms. The van der Waals surface area contributed by atoms with Crippen molar-refractivity contribution in [2.45, 2.75) is 18.5 Å². The largest absolute Gasteiger partial charge is 0.252 e. The van der Waals surface area contributed by atoms with Gasteiger partial charge in [0.05, 0.1) is 0 Å². The van der Waals surface area contributed by atoms with Crippen molar-refractivity contribution in [3.8, 4) is 0 Å². The van der Waals surface area contributed by atoms with E-state index in [1.807, 2.05) is 0 Å². The Kier molecular flexibility index (Phi) is 7.46. The Labute approximate surface area is 149 Å². The van der Waals surface area contributed by atoms with Gasteiger partial charge in [-0.1, -0.05) is 0 Å². The maximum atomic E-state index is 13.5. The highest BCUT2D eigenvalue weighted by atomic mass is 36.2. The molecule has 0 spiro atoms. The summed E-state index contributed by atoms with van der Waals surface area (Å²) >= 11 is 12.1. The van der Waals surface area contributed by atoms with E-state index in [-0.39, 0.29) is 17.8 Å². The molecule has 0 saturated heterocycles. The van der Waals surface area contributed by atoms with Crippen LogP contribution in [0, 0.1) is 29.1 Å². The molecule has 0 aromatic heterocycles. The van der Waals surface area contributed by atoms with E-state index in [4.69, 9.17) is 54.2 Å². The number of hydrogen-bond donors (Lipinski definition) is 0. The standard InChI is InChI=1S/C10H8Cl5F5SSi/c11-21(12,13)2-4-22(14,15)3-1-5-6(16)8(18)10(20)9(19)7(5)17/h1-4H2. The Bertz CT molecular complexity index is 537. The minimum atomic E-state index is -3.05. The second-order valence-corrected chi connectivity index (χ2v) is 19.6. The average molecular weight is 461 g/mol. The van der Waals surface area contributed by atoms with Crippen molar-refractivity contribution >= 4 is 68.6 Å². The minimum absolute atomic E-state index is 0.0913. The van der Waals surface area contributed by atoms with Crippen LogP contribution >= 0.6 is 61.9 Å². The van der Waals surface area contributed by atoms with E-state index >= 15 is 0 Å². The molecule has 0 bridgehead atoms. The van der Waals surface area contributed by atoms with Crippen molar-refractivity contribution in [2.24, 2.45) is 0 Å². The Hall–Kier alpha value is 0.887. The van der Waals surface area contributed by atoms with Crippen LogP contribution in [-0.4, -0.2) is 12.4 Å². The van der Waals surface area contributed by atoms with Gasteiger partial charge in [0.25, 0.3) is 6.69 Å². The quantitative estimate of drug-likeness (QED) is 0.140. The smallest absolute Gasteiger partial charge is 0.203 e. The zero-order chi connectivity index (χ0) is 17.3. The first kappa shape index (κ1) is 20.9. The minimum Gasteiger partial charge on any atom is -0.203 e. The van der Waals surface area contributed by atoms with Crippen LogP contribution in [0.3, 0.4) is 0 Å². The fourth-order valence-electron chi connectivity index (χ4n) is 1.57. The Morgan fingerprint density at radius 3 is 1.55 bits per heavy atom. The molecule has 12 heteroatoms. The van der Waals surface area contributed by atoms with Gasteiger partial charge in [-0.05, 0) is 58.2 Å². The molecule has 0 N–H and O–H groups in total. The molecule has 1 aromatic carbocycles. The Morgan fingerprint density at radius 1 is 0.727 bits per heavy atom. The van der Waals surface area contributed by atoms with E-state index < -0.39 is 55.4 Å². The lowest BCUT2D eigenvalue weighted by Gasteiger charge is -2.21. The Morgan fingerprint density at radius 2 is 1.14 bits per heavy atom. The molecule has 0 nitrogen and oxygen atoms in total. The Balaban J connectivity index is 2.89. The summed E-state index contributed by atoms with van der Waals surface area (Å²) in [4.78, 5) is 0. The number of halogens is 10. The van der Waals surface area contributed by atoms with E-state index in [1.165, 1.54) is 0 Å². The highest BCUT2D eigenvalue weighted by molar-refractivity contribution is 8.79. The van der Waals surface area contributed by atoms with Crippen molar-refractivity contribution < 1.29 is 22.0 Å². The highest BCUT2D eigenvalue weighted by Crippen LogP contribution is 2.64. The molecular weight excluding hydrogens is 453 g/mol. The van der Waals surface area contributed by atoms with Crippen LogP contribution in [0.4, 0.5) is 22.0 Å². The van der Waals surface area contributed by atoms with E-state index in [0.717, 1.165) is 0 Å². The molecule has 0 aliphatic rings. The zero-order valence-electron chi connectivity index (χ0n) is 10.5. The van der Waals surface area contributed by atoms with Gasteiger partial charge in [-0.2, -0.15) is 0 Å². The average Bonchev–Trinajstić information content (AvgIpc) is 2.40. The van der Waals surface area contributed by atoms with E-state index in [2.05, 4.69) is 0 Å². The summed E-state index contributed by atoms with van der Waals surface area (Å²) in [5.74, 6) is -9.90. The van der Waals surface area contributed by atoms with Crippen LogP contribution in [0.2, 0.25) is 12.1 Å². The number of rotatable bonds is 6. The molecule has 128 valence electrons. The maximum absolute atomic E-state index is 13.5. The predicted molar refractivity (Wildman–Crippen MR) is 87.0 cm³/mol. The van der Waals surface area contributed by atoms with Gasteiger partial charge in [-0.3, -0.25) is 0 Å². The molecule has 0 amide bonds. The lowest BCUT2D eigenvalue weighted by molar-refractivity contribution is 0.370. The summed E-state index contributed by atoms with van der Waals surface area (Å²) in [6.45, 7) is -3.05. The SMILES string of the molecule is Fc1c(F)c(F)c(CC[Si](Cl)(Cl)CCS(Cl)(Cl)Cl)c(F)c1F. The predicted octanol–water partition coefficient (Wildman–Crippen LogP) is 7.11. The first-order valence-corrected chi connectivity index (χ1v) is 14.4. The molecule has 0 fully saturated rings. The summed E-state index contributed by atoms with van der Waals surface area (Å²) in [6, 6.07) is -0.0218. The molecule has 0 aliphatic heterocycles. The summed E-state index contributed by atoms with van der Waals surface area (Å²) in [5, 5.41) is 0. The normalized spacial score (nSPS) is 13.5. The highest BCUT2D eigenvalue weighted by Gasteiger charge is 2.33. The first-order valence-electron chi connectivity index (χ1n) is 5.64. The van der Waals surface area contributed by atoms with Crippen LogP contribution in [-0.2, 0) is 6.42 Å². The second-order valence-electron chi connectivity index (χ2n) is 4.36. The first-order chi connectivity index (χ1) is 9.86. The van der Waals surface area contributed by atoms with Crippen LogP contribution in [0.5, 0.6) is 0 Å². The lowest BCUT2D eigenvalue weighted by atomic mass is 10.1.